The fourth-order valence-corrected chi connectivity index (χ4v) is 4.88. The molecule has 1 aromatic rings. The van der Waals surface area contributed by atoms with Crippen LogP contribution >= 0.6 is 11.6 Å². The van der Waals surface area contributed by atoms with Gasteiger partial charge in [0.25, 0.3) is 0 Å². The number of amides is 1. The number of carbonyl (C=O) groups is 1. The third kappa shape index (κ3) is 4.97. The molecule has 0 aliphatic carbocycles. The van der Waals surface area contributed by atoms with E-state index in [1.54, 1.807) is 19.2 Å². The Kier molecular flexibility index (Phi) is 6.77. The molecule has 3 N–H and O–H groups in total. The average Bonchev–Trinajstić information content (AvgIpc) is 2.61. The summed E-state index contributed by atoms with van der Waals surface area (Å²) in [6, 6.07) is 5.14. The number of piperidine rings is 1. The number of anilines is 2. The number of halogens is 1. The van der Waals surface area contributed by atoms with Gasteiger partial charge in [0.05, 0.1) is 40.2 Å². The van der Waals surface area contributed by atoms with E-state index in [1.807, 2.05) is 4.90 Å². The Hall–Kier alpha value is -1.95. The zero-order chi connectivity index (χ0) is 22.1. The van der Waals surface area contributed by atoms with Gasteiger partial charge in [0, 0.05) is 20.1 Å². The molecule has 2 rings (SSSR count). The first-order valence-electron chi connectivity index (χ1n) is 9.66. The van der Waals surface area contributed by atoms with Crippen LogP contribution in [-0.2, 0) is 4.43 Å². The van der Waals surface area contributed by atoms with Crippen molar-refractivity contribution in [1.29, 1.82) is 5.26 Å². The molecule has 0 bridgehead atoms. The van der Waals surface area contributed by atoms with E-state index < -0.39 is 14.4 Å². The van der Waals surface area contributed by atoms with Crippen molar-refractivity contribution in [2.75, 3.05) is 30.8 Å². The molecule has 1 saturated heterocycles. The summed E-state index contributed by atoms with van der Waals surface area (Å²) in [4.78, 5) is 15.0. The zero-order valence-electron chi connectivity index (χ0n) is 18.0. The van der Waals surface area contributed by atoms with E-state index >= 15 is 0 Å². The van der Waals surface area contributed by atoms with Crippen molar-refractivity contribution in [3.8, 4) is 6.07 Å². The van der Waals surface area contributed by atoms with E-state index in [0.29, 0.717) is 41.5 Å². The predicted molar refractivity (Wildman–Crippen MR) is 119 cm³/mol. The number of nitrogen functional groups attached to an aromatic ring is 1. The maximum atomic E-state index is 11.6. The van der Waals surface area contributed by atoms with Gasteiger partial charge < -0.3 is 25.1 Å². The molecule has 1 aromatic carbocycles. The van der Waals surface area contributed by atoms with Gasteiger partial charge in [-0.05, 0) is 36.7 Å². The summed E-state index contributed by atoms with van der Waals surface area (Å²) in [5.74, 6) is 0. The number of nitriles is 1. The normalized spacial score (nSPS) is 20.3. The Labute approximate surface area is 179 Å². The quantitative estimate of drug-likeness (QED) is 0.534. The standard InChI is InChI=1S/C20H31ClN4O3Si/c1-20(2,3)29(5,6)28-17-12-25(8-7-15(17)24(4)19(26)27)16-10-13(11-22)9-14(23)18(16)21/h9-10,15,17H,7-8,12,23H2,1-6H3,(H,26,27)/t15-,17-/m1/s1. The molecule has 1 aliphatic rings. The van der Waals surface area contributed by atoms with Crippen molar-refractivity contribution in [3.05, 3.63) is 22.7 Å². The molecule has 0 spiro atoms. The second-order valence-electron chi connectivity index (χ2n) is 9.12. The van der Waals surface area contributed by atoms with Crippen molar-refractivity contribution in [1.82, 2.24) is 4.90 Å². The van der Waals surface area contributed by atoms with Gasteiger partial charge in [-0.25, -0.2) is 4.79 Å². The molecule has 0 unspecified atom stereocenters. The van der Waals surface area contributed by atoms with Crippen LogP contribution in [0.3, 0.4) is 0 Å². The van der Waals surface area contributed by atoms with E-state index in [9.17, 15) is 15.2 Å². The number of carboxylic acid groups (broad SMARTS) is 1. The molecule has 9 heteroatoms. The number of nitrogens with zero attached hydrogens (tertiary/aromatic N) is 3. The Morgan fingerprint density at radius 1 is 1.45 bits per heavy atom. The molecule has 160 valence electrons. The van der Waals surface area contributed by atoms with Gasteiger partial charge >= 0.3 is 6.09 Å². The van der Waals surface area contributed by atoms with Crippen molar-refractivity contribution < 1.29 is 14.3 Å². The minimum absolute atomic E-state index is 0.00950. The highest BCUT2D eigenvalue weighted by Gasteiger charge is 2.44. The second-order valence-corrected chi connectivity index (χ2v) is 14.3. The maximum Gasteiger partial charge on any atom is 0.407 e. The van der Waals surface area contributed by atoms with E-state index in [0.717, 1.165) is 0 Å². The van der Waals surface area contributed by atoms with Crippen LogP contribution in [0.4, 0.5) is 16.2 Å². The molecule has 0 radical (unpaired) electrons. The van der Waals surface area contributed by atoms with Crippen molar-refractivity contribution >= 4 is 37.4 Å². The first kappa shape index (κ1) is 23.3. The van der Waals surface area contributed by atoms with Gasteiger partial charge in [0.2, 0.25) is 0 Å². The third-order valence-corrected chi connectivity index (χ3v) is 11.0. The van der Waals surface area contributed by atoms with Crippen LogP contribution in [0.25, 0.3) is 0 Å². The lowest BCUT2D eigenvalue weighted by molar-refractivity contribution is 0.0561. The molecule has 2 atom stereocenters. The summed E-state index contributed by atoms with van der Waals surface area (Å²) in [6.45, 7) is 11.9. The predicted octanol–water partition coefficient (Wildman–Crippen LogP) is 4.37. The molecule has 1 amide bonds. The van der Waals surface area contributed by atoms with Gasteiger partial charge in [-0.2, -0.15) is 5.26 Å². The first-order chi connectivity index (χ1) is 13.3. The van der Waals surface area contributed by atoms with Crippen LogP contribution in [0.15, 0.2) is 12.1 Å². The van der Waals surface area contributed by atoms with Crippen molar-refractivity contribution in [2.24, 2.45) is 0 Å². The van der Waals surface area contributed by atoms with Gasteiger partial charge in [0.1, 0.15) is 0 Å². The van der Waals surface area contributed by atoms with Crippen molar-refractivity contribution in [2.45, 2.75) is 57.5 Å². The maximum absolute atomic E-state index is 11.6. The summed E-state index contributed by atoms with van der Waals surface area (Å²) in [5.41, 5.74) is 7.47. The minimum atomic E-state index is -2.14. The Morgan fingerprint density at radius 2 is 2.07 bits per heavy atom. The fraction of sp³-hybridized carbons (Fsp3) is 0.600. The summed E-state index contributed by atoms with van der Waals surface area (Å²) in [5, 5.41) is 19.2. The third-order valence-electron chi connectivity index (χ3n) is 6.13. The van der Waals surface area contributed by atoms with Crippen LogP contribution < -0.4 is 10.6 Å². The second kappa shape index (κ2) is 8.42. The van der Waals surface area contributed by atoms with Gasteiger partial charge in [-0.15, -0.1) is 0 Å². The van der Waals surface area contributed by atoms with Gasteiger partial charge in [0.15, 0.2) is 8.32 Å². The van der Waals surface area contributed by atoms with Crippen molar-refractivity contribution in [3.63, 3.8) is 0 Å². The lowest BCUT2D eigenvalue weighted by Crippen LogP contribution is -2.59. The highest BCUT2D eigenvalue weighted by Crippen LogP contribution is 2.40. The summed E-state index contributed by atoms with van der Waals surface area (Å²) in [7, 11) is -0.555. The lowest BCUT2D eigenvalue weighted by atomic mass is 9.99. The molecule has 0 aromatic heterocycles. The lowest BCUT2D eigenvalue weighted by Gasteiger charge is -2.47. The largest absolute Gasteiger partial charge is 0.465 e. The van der Waals surface area contributed by atoms with Crippen LogP contribution in [0.1, 0.15) is 32.8 Å². The van der Waals surface area contributed by atoms with Crippen LogP contribution in [-0.4, -0.2) is 56.7 Å². The van der Waals surface area contributed by atoms with E-state index in [-0.39, 0.29) is 17.2 Å². The van der Waals surface area contributed by atoms with Gasteiger partial charge in [-0.1, -0.05) is 32.4 Å². The molecule has 29 heavy (non-hydrogen) atoms. The molecule has 1 fully saturated rings. The highest BCUT2D eigenvalue weighted by molar-refractivity contribution is 6.74. The SMILES string of the molecule is CN(C(=O)O)[C@@H]1CCN(c2cc(C#N)cc(N)c2Cl)C[C@H]1O[Si](C)(C)C(C)(C)C. The Morgan fingerprint density at radius 3 is 2.59 bits per heavy atom. The Balaban J connectivity index is 2.40. The Bertz CT molecular complexity index is 819. The summed E-state index contributed by atoms with van der Waals surface area (Å²) < 4.78 is 6.66. The molecule has 0 saturated carbocycles. The molecule has 1 heterocycles. The monoisotopic (exact) mass is 438 g/mol. The number of hydrogen-bond acceptors (Lipinski definition) is 5. The number of nitrogens with two attached hydrogens (primary N) is 1. The van der Waals surface area contributed by atoms with Crippen LogP contribution in [0.5, 0.6) is 0 Å². The van der Waals surface area contributed by atoms with E-state index in [1.165, 1.54) is 4.90 Å². The fourth-order valence-electron chi connectivity index (χ4n) is 3.30. The average molecular weight is 439 g/mol. The zero-order valence-corrected chi connectivity index (χ0v) is 19.7. The number of benzene rings is 1. The smallest absolute Gasteiger partial charge is 0.407 e. The minimum Gasteiger partial charge on any atom is -0.465 e. The number of likely N-dealkylation sites (N-methyl/N-ethyl adjacent to an activating group) is 1. The van der Waals surface area contributed by atoms with E-state index in [2.05, 4.69) is 39.9 Å². The van der Waals surface area contributed by atoms with Gasteiger partial charge in [-0.3, -0.25) is 0 Å². The van der Waals surface area contributed by atoms with Crippen LogP contribution in [0, 0.1) is 11.3 Å². The first-order valence-corrected chi connectivity index (χ1v) is 12.9. The summed E-state index contributed by atoms with van der Waals surface area (Å²) in [6.07, 6.45) is -0.690. The summed E-state index contributed by atoms with van der Waals surface area (Å²) >= 11 is 6.45. The molecule has 7 nitrogen and oxygen atoms in total. The molecule has 1 aliphatic heterocycles. The highest BCUT2D eigenvalue weighted by atomic mass is 35.5. The number of hydrogen-bond donors (Lipinski definition) is 2. The van der Waals surface area contributed by atoms with Crippen LogP contribution in [0.2, 0.25) is 23.2 Å². The van der Waals surface area contributed by atoms with E-state index in [4.69, 9.17) is 21.8 Å². The molecular weight excluding hydrogens is 408 g/mol. The molecular formula is C20H31ClN4O3Si. The number of rotatable bonds is 4. The topological polar surface area (TPSA) is 103 Å².